The number of hydrogen-bond donors (Lipinski definition) is 1. The Morgan fingerprint density at radius 1 is 1.37 bits per heavy atom. The van der Waals surface area contributed by atoms with Gasteiger partial charge in [-0.05, 0) is 37.3 Å². The molecule has 1 heterocycles. The highest BCUT2D eigenvalue weighted by Crippen LogP contribution is 2.32. The summed E-state index contributed by atoms with van der Waals surface area (Å²) in [5.74, 6) is -0.192. The first-order valence-electron chi connectivity index (χ1n) is 6.61. The molecule has 19 heavy (non-hydrogen) atoms. The van der Waals surface area contributed by atoms with Crippen LogP contribution in [0.5, 0.6) is 0 Å². The van der Waals surface area contributed by atoms with E-state index in [1.165, 1.54) is 31.7 Å². The van der Waals surface area contributed by atoms with Crippen LogP contribution in [0.4, 0.5) is 9.52 Å². The molecule has 0 aliphatic heterocycles. The zero-order valence-corrected chi connectivity index (χ0v) is 12.5. The van der Waals surface area contributed by atoms with Gasteiger partial charge in [0, 0.05) is 11.3 Å². The summed E-state index contributed by atoms with van der Waals surface area (Å²) in [6.45, 7) is 0. The molecule has 1 aliphatic carbocycles. The summed E-state index contributed by atoms with van der Waals surface area (Å²) in [6, 6.07) is 5.27. The third-order valence-electron chi connectivity index (χ3n) is 3.66. The highest BCUT2D eigenvalue weighted by Gasteiger charge is 2.24. The van der Waals surface area contributed by atoms with Crippen molar-refractivity contribution in [1.82, 2.24) is 4.98 Å². The summed E-state index contributed by atoms with van der Waals surface area (Å²) in [7, 11) is 0. The van der Waals surface area contributed by atoms with Gasteiger partial charge in [0.15, 0.2) is 5.13 Å². The highest BCUT2D eigenvalue weighted by molar-refractivity contribution is 7.99. The van der Waals surface area contributed by atoms with Gasteiger partial charge in [-0.1, -0.05) is 24.2 Å². The molecule has 1 saturated carbocycles. The molecule has 3 rings (SSSR count). The second-order valence-corrected chi connectivity index (χ2v) is 7.05. The molecule has 1 aromatic carbocycles. The number of anilines is 1. The molecule has 2 unspecified atom stereocenters. The Bertz CT molecular complexity index is 570. The Balaban J connectivity index is 1.80. The molecule has 0 radical (unpaired) electrons. The van der Waals surface area contributed by atoms with Crippen LogP contribution in [0.25, 0.3) is 10.2 Å². The largest absolute Gasteiger partial charge is 0.358 e. The topological polar surface area (TPSA) is 24.9 Å². The fourth-order valence-electron chi connectivity index (χ4n) is 2.66. The van der Waals surface area contributed by atoms with Gasteiger partial charge in [-0.15, -0.1) is 0 Å². The minimum absolute atomic E-state index is 0.192. The van der Waals surface area contributed by atoms with Crippen molar-refractivity contribution < 1.29 is 4.39 Å². The molecular formula is C14H17FN2S2. The van der Waals surface area contributed by atoms with E-state index in [0.717, 1.165) is 15.3 Å². The second-order valence-electron chi connectivity index (χ2n) is 4.94. The lowest BCUT2D eigenvalue weighted by molar-refractivity contribution is 0.475. The first-order valence-corrected chi connectivity index (χ1v) is 8.72. The molecule has 0 spiro atoms. The molecule has 0 bridgehead atoms. The maximum absolute atomic E-state index is 13.2. The zero-order valence-electron chi connectivity index (χ0n) is 10.9. The van der Waals surface area contributed by atoms with Gasteiger partial charge in [0.2, 0.25) is 0 Å². The molecule has 102 valence electrons. The van der Waals surface area contributed by atoms with Crippen molar-refractivity contribution >= 4 is 38.4 Å². The van der Waals surface area contributed by atoms with E-state index in [2.05, 4.69) is 16.6 Å². The highest BCUT2D eigenvalue weighted by atomic mass is 32.2. The van der Waals surface area contributed by atoms with Gasteiger partial charge in [-0.2, -0.15) is 11.8 Å². The SMILES string of the molecule is CSC1CCCCC1Nc1nc2ccc(F)cc2s1. The van der Waals surface area contributed by atoms with Gasteiger partial charge < -0.3 is 5.32 Å². The fraction of sp³-hybridized carbons (Fsp3) is 0.500. The maximum atomic E-state index is 13.2. The molecule has 0 amide bonds. The van der Waals surface area contributed by atoms with Crippen LogP contribution in [0.1, 0.15) is 25.7 Å². The van der Waals surface area contributed by atoms with E-state index in [4.69, 9.17) is 0 Å². The molecule has 1 aliphatic rings. The fourth-order valence-corrected chi connectivity index (χ4v) is 4.55. The molecule has 1 N–H and O–H groups in total. The normalized spacial score (nSPS) is 23.7. The van der Waals surface area contributed by atoms with E-state index in [1.807, 2.05) is 11.8 Å². The predicted octanol–water partition coefficient (Wildman–Crippen LogP) is 4.52. The number of rotatable bonds is 3. The van der Waals surface area contributed by atoms with Crippen LogP contribution in [-0.2, 0) is 0 Å². The average Bonchev–Trinajstić information content (AvgIpc) is 2.80. The van der Waals surface area contributed by atoms with Crippen molar-refractivity contribution in [2.45, 2.75) is 37.0 Å². The van der Waals surface area contributed by atoms with Crippen molar-refractivity contribution in [3.05, 3.63) is 24.0 Å². The van der Waals surface area contributed by atoms with Gasteiger partial charge in [0.1, 0.15) is 5.82 Å². The van der Waals surface area contributed by atoms with Crippen molar-refractivity contribution in [3.8, 4) is 0 Å². The third-order valence-corrected chi connectivity index (χ3v) is 5.78. The Kier molecular flexibility index (Phi) is 3.93. The van der Waals surface area contributed by atoms with Crippen LogP contribution >= 0.6 is 23.1 Å². The molecular weight excluding hydrogens is 279 g/mol. The standard InChI is InChI=1S/C14H17FN2S2/c1-18-12-5-3-2-4-10(12)16-14-17-11-7-6-9(15)8-13(11)19-14/h6-8,10,12H,2-5H2,1H3,(H,16,17). The molecule has 0 saturated heterocycles. The lowest BCUT2D eigenvalue weighted by Crippen LogP contribution is -2.34. The third kappa shape index (κ3) is 2.87. The Morgan fingerprint density at radius 2 is 2.21 bits per heavy atom. The first-order chi connectivity index (χ1) is 9.26. The lowest BCUT2D eigenvalue weighted by atomic mass is 9.95. The van der Waals surface area contributed by atoms with Gasteiger partial charge in [0.05, 0.1) is 10.2 Å². The Labute approximate surface area is 120 Å². The number of thiazole rings is 1. The maximum Gasteiger partial charge on any atom is 0.184 e. The molecule has 2 aromatic rings. The lowest BCUT2D eigenvalue weighted by Gasteiger charge is -2.30. The zero-order chi connectivity index (χ0) is 13.2. The molecule has 1 fully saturated rings. The summed E-state index contributed by atoms with van der Waals surface area (Å²) in [4.78, 5) is 4.55. The number of nitrogens with one attached hydrogen (secondary N) is 1. The van der Waals surface area contributed by atoms with Gasteiger partial charge in [-0.25, -0.2) is 9.37 Å². The number of thioether (sulfide) groups is 1. The Morgan fingerprint density at radius 3 is 3.05 bits per heavy atom. The number of nitrogens with zero attached hydrogens (tertiary/aromatic N) is 1. The van der Waals surface area contributed by atoms with E-state index in [-0.39, 0.29) is 5.82 Å². The van der Waals surface area contributed by atoms with E-state index >= 15 is 0 Å². The number of benzene rings is 1. The second kappa shape index (κ2) is 5.67. The van der Waals surface area contributed by atoms with Crippen LogP contribution in [0.2, 0.25) is 0 Å². The van der Waals surface area contributed by atoms with Crippen LogP contribution in [0.3, 0.4) is 0 Å². The summed E-state index contributed by atoms with van der Waals surface area (Å²) in [6.07, 6.45) is 7.27. The molecule has 2 atom stereocenters. The number of hydrogen-bond acceptors (Lipinski definition) is 4. The summed E-state index contributed by atoms with van der Waals surface area (Å²) >= 11 is 3.48. The van der Waals surface area contributed by atoms with E-state index < -0.39 is 0 Å². The van der Waals surface area contributed by atoms with Crippen LogP contribution < -0.4 is 5.32 Å². The van der Waals surface area contributed by atoms with Gasteiger partial charge in [0.25, 0.3) is 0 Å². The summed E-state index contributed by atoms with van der Waals surface area (Å²) in [5, 5.41) is 5.14. The molecule has 1 aromatic heterocycles. The van der Waals surface area contributed by atoms with E-state index in [9.17, 15) is 4.39 Å². The number of fused-ring (bicyclic) bond motifs is 1. The summed E-state index contributed by atoms with van der Waals surface area (Å²) in [5.41, 5.74) is 0.880. The average molecular weight is 296 g/mol. The minimum Gasteiger partial charge on any atom is -0.358 e. The quantitative estimate of drug-likeness (QED) is 0.901. The van der Waals surface area contributed by atoms with Crippen molar-refractivity contribution in [3.63, 3.8) is 0 Å². The monoisotopic (exact) mass is 296 g/mol. The molecule has 5 heteroatoms. The summed E-state index contributed by atoms with van der Waals surface area (Å²) < 4.78 is 14.1. The van der Waals surface area contributed by atoms with Crippen molar-refractivity contribution in [2.75, 3.05) is 11.6 Å². The van der Waals surface area contributed by atoms with Crippen LogP contribution in [0.15, 0.2) is 18.2 Å². The first kappa shape index (κ1) is 13.2. The van der Waals surface area contributed by atoms with E-state index in [0.29, 0.717) is 11.3 Å². The van der Waals surface area contributed by atoms with Crippen molar-refractivity contribution in [2.24, 2.45) is 0 Å². The van der Waals surface area contributed by atoms with E-state index in [1.54, 1.807) is 23.5 Å². The smallest absolute Gasteiger partial charge is 0.184 e. The van der Waals surface area contributed by atoms with Gasteiger partial charge in [-0.3, -0.25) is 0 Å². The number of aromatic nitrogens is 1. The van der Waals surface area contributed by atoms with Crippen molar-refractivity contribution in [1.29, 1.82) is 0 Å². The van der Waals surface area contributed by atoms with Gasteiger partial charge >= 0.3 is 0 Å². The van der Waals surface area contributed by atoms with Crippen LogP contribution in [0, 0.1) is 5.82 Å². The Hall–Kier alpha value is -0.810. The molecule has 2 nitrogen and oxygen atoms in total. The minimum atomic E-state index is -0.192. The number of halogens is 1. The van der Waals surface area contributed by atoms with Crippen LogP contribution in [-0.4, -0.2) is 22.5 Å². The predicted molar refractivity (Wildman–Crippen MR) is 82.8 cm³/mol.